The molecule has 1 aromatic carbocycles. The van der Waals surface area contributed by atoms with Gasteiger partial charge in [-0.2, -0.15) is 0 Å². The van der Waals surface area contributed by atoms with Gasteiger partial charge in [-0.3, -0.25) is 4.79 Å². The number of benzene rings is 1. The summed E-state index contributed by atoms with van der Waals surface area (Å²) in [5, 5.41) is 12.7. The maximum atomic E-state index is 11.7. The molecule has 1 rings (SSSR count). The Kier molecular flexibility index (Phi) is 5.59. The fraction of sp³-hybridized carbons (Fsp3) is 0.417. The number of carbonyl (C=O) groups excluding carboxylic acids is 1. The first-order chi connectivity index (χ1) is 8.04. The monoisotopic (exact) mass is 275 g/mol. The molecular weight excluding hydrogens is 261 g/mol. The van der Waals surface area contributed by atoms with E-state index in [1.165, 1.54) is 12.1 Å². The summed E-state index contributed by atoms with van der Waals surface area (Å²) in [6.07, 6.45) is 1.57. The van der Waals surface area contributed by atoms with Crippen molar-refractivity contribution in [2.45, 2.75) is 25.1 Å². The maximum absolute atomic E-state index is 11.7. The molecule has 1 amide bonds. The third kappa shape index (κ3) is 4.44. The standard InChI is InChI=1S/C12H15Cl2NO2/c1-2-8(13)5-6-15-12(17)10-4-3-9(14)7-11(10)16/h3-4,7-8,16H,2,5-6H2,1H3,(H,15,17). The van der Waals surface area contributed by atoms with Crippen LogP contribution in [-0.4, -0.2) is 22.9 Å². The molecule has 2 N–H and O–H groups in total. The minimum absolute atomic E-state index is 0.0640. The van der Waals surface area contributed by atoms with E-state index >= 15 is 0 Å². The van der Waals surface area contributed by atoms with Crippen molar-refractivity contribution in [1.29, 1.82) is 0 Å². The molecule has 0 aliphatic heterocycles. The highest BCUT2D eigenvalue weighted by molar-refractivity contribution is 6.30. The van der Waals surface area contributed by atoms with Gasteiger partial charge in [-0.05, 0) is 31.0 Å². The van der Waals surface area contributed by atoms with Crippen molar-refractivity contribution in [3.63, 3.8) is 0 Å². The van der Waals surface area contributed by atoms with Crippen LogP contribution >= 0.6 is 23.2 Å². The molecule has 0 saturated carbocycles. The summed E-state index contributed by atoms with van der Waals surface area (Å²) in [5.41, 5.74) is 0.219. The van der Waals surface area contributed by atoms with Gasteiger partial charge in [-0.15, -0.1) is 11.6 Å². The molecule has 94 valence electrons. The number of halogens is 2. The lowest BCUT2D eigenvalue weighted by atomic mass is 10.2. The molecule has 5 heteroatoms. The minimum atomic E-state index is -0.320. The predicted octanol–water partition coefficient (Wildman–Crippen LogP) is 3.18. The molecule has 3 nitrogen and oxygen atoms in total. The number of rotatable bonds is 5. The topological polar surface area (TPSA) is 49.3 Å². The molecule has 0 radical (unpaired) electrons. The van der Waals surface area contributed by atoms with Gasteiger partial charge in [0, 0.05) is 16.9 Å². The third-order valence-electron chi connectivity index (χ3n) is 2.39. The van der Waals surface area contributed by atoms with Gasteiger partial charge in [0.1, 0.15) is 5.75 Å². The van der Waals surface area contributed by atoms with Crippen molar-refractivity contribution >= 4 is 29.1 Å². The molecule has 1 atom stereocenters. The van der Waals surface area contributed by atoms with Crippen LogP contribution in [0.2, 0.25) is 5.02 Å². The Labute approximate surface area is 111 Å². The van der Waals surface area contributed by atoms with E-state index < -0.39 is 0 Å². The summed E-state index contributed by atoms with van der Waals surface area (Å²) in [6.45, 7) is 2.48. The Morgan fingerprint density at radius 2 is 2.24 bits per heavy atom. The molecule has 1 unspecified atom stereocenters. The van der Waals surface area contributed by atoms with E-state index in [2.05, 4.69) is 5.32 Å². The Balaban J connectivity index is 2.52. The third-order valence-corrected chi connectivity index (χ3v) is 3.15. The van der Waals surface area contributed by atoms with E-state index in [1.54, 1.807) is 6.07 Å². The number of aromatic hydroxyl groups is 1. The first kappa shape index (κ1) is 14.1. The van der Waals surface area contributed by atoms with E-state index in [-0.39, 0.29) is 22.6 Å². The summed E-state index contributed by atoms with van der Waals surface area (Å²) in [4.78, 5) is 11.7. The van der Waals surface area contributed by atoms with Crippen LogP contribution in [0.3, 0.4) is 0 Å². The summed E-state index contributed by atoms with van der Waals surface area (Å²) in [5.74, 6) is -0.438. The van der Waals surface area contributed by atoms with Gasteiger partial charge in [0.15, 0.2) is 0 Å². The second-order valence-electron chi connectivity index (χ2n) is 3.71. The normalized spacial score (nSPS) is 12.2. The van der Waals surface area contributed by atoms with Crippen LogP contribution in [0.15, 0.2) is 18.2 Å². The Morgan fingerprint density at radius 3 is 2.82 bits per heavy atom. The summed E-state index contributed by atoms with van der Waals surface area (Å²) in [6, 6.07) is 4.39. The van der Waals surface area contributed by atoms with Gasteiger partial charge < -0.3 is 10.4 Å². The van der Waals surface area contributed by atoms with Crippen molar-refractivity contribution < 1.29 is 9.90 Å². The molecule has 0 heterocycles. The Morgan fingerprint density at radius 1 is 1.53 bits per heavy atom. The van der Waals surface area contributed by atoms with Crippen LogP contribution in [0.5, 0.6) is 5.75 Å². The van der Waals surface area contributed by atoms with E-state index in [4.69, 9.17) is 23.2 Å². The molecular formula is C12H15Cl2NO2. The fourth-order valence-electron chi connectivity index (χ4n) is 1.34. The molecule has 0 aromatic heterocycles. The number of nitrogens with one attached hydrogen (secondary N) is 1. The summed E-state index contributed by atoms with van der Waals surface area (Å²) in [7, 11) is 0. The van der Waals surface area contributed by atoms with Crippen LogP contribution in [0.1, 0.15) is 30.1 Å². The van der Waals surface area contributed by atoms with Crippen LogP contribution in [0, 0.1) is 0 Å². The van der Waals surface area contributed by atoms with Crippen LogP contribution < -0.4 is 5.32 Å². The second kappa shape index (κ2) is 6.72. The minimum Gasteiger partial charge on any atom is -0.507 e. The molecule has 0 fully saturated rings. The largest absolute Gasteiger partial charge is 0.507 e. The Hall–Kier alpha value is -0.930. The summed E-state index contributed by atoms with van der Waals surface area (Å²) >= 11 is 11.6. The lowest BCUT2D eigenvalue weighted by molar-refractivity contribution is 0.0950. The predicted molar refractivity (Wildman–Crippen MR) is 70.0 cm³/mol. The Bertz CT molecular complexity index is 396. The number of carbonyl (C=O) groups is 1. The lowest BCUT2D eigenvalue weighted by Crippen LogP contribution is -2.26. The highest BCUT2D eigenvalue weighted by Gasteiger charge is 2.11. The molecule has 0 aliphatic carbocycles. The number of amides is 1. The van der Waals surface area contributed by atoms with Gasteiger partial charge >= 0.3 is 0 Å². The number of phenolic OH excluding ortho intramolecular Hbond substituents is 1. The zero-order chi connectivity index (χ0) is 12.8. The van der Waals surface area contributed by atoms with Gasteiger partial charge in [0.05, 0.1) is 5.56 Å². The van der Waals surface area contributed by atoms with Crippen molar-refractivity contribution in [2.75, 3.05) is 6.54 Å². The van der Waals surface area contributed by atoms with E-state index in [1.807, 2.05) is 6.92 Å². The van der Waals surface area contributed by atoms with Crippen molar-refractivity contribution in [1.82, 2.24) is 5.32 Å². The lowest BCUT2D eigenvalue weighted by Gasteiger charge is -2.09. The average molecular weight is 276 g/mol. The zero-order valence-corrected chi connectivity index (χ0v) is 11.1. The molecule has 0 spiro atoms. The van der Waals surface area contributed by atoms with Crippen molar-refractivity contribution in [2.24, 2.45) is 0 Å². The molecule has 1 aromatic rings. The number of hydrogen-bond acceptors (Lipinski definition) is 2. The zero-order valence-electron chi connectivity index (χ0n) is 9.54. The molecule has 0 aliphatic rings. The molecule has 0 saturated heterocycles. The summed E-state index contributed by atoms with van der Waals surface area (Å²) < 4.78 is 0. The number of hydrogen-bond donors (Lipinski definition) is 2. The fourth-order valence-corrected chi connectivity index (χ4v) is 1.61. The number of phenols is 1. The van der Waals surface area contributed by atoms with E-state index in [0.29, 0.717) is 18.0 Å². The van der Waals surface area contributed by atoms with Gasteiger partial charge in [-0.1, -0.05) is 18.5 Å². The van der Waals surface area contributed by atoms with Crippen LogP contribution in [0.4, 0.5) is 0 Å². The second-order valence-corrected chi connectivity index (χ2v) is 4.77. The highest BCUT2D eigenvalue weighted by atomic mass is 35.5. The molecule has 0 bridgehead atoms. The maximum Gasteiger partial charge on any atom is 0.255 e. The quantitative estimate of drug-likeness (QED) is 0.811. The average Bonchev–Trinajstić information content (AvgIpc) is 2.28. The van der Waals surface area contributed by atoms with Crippen LogP contribution in [0.25, 0.3) is 0 Å². The van der Waals surface area contributed by atoms with Crippen molar-refractivity contribution in [3.05, 3.63) is 28.8 Å². The molecule has 17 heavy (non-hydrogen) atoms. The van der Waals surface area contributed by atoms with E-state index in [0.717, 1.165) is 6.42 Å². The smallest absolute Gasteiger partial charge is 0.255 e. The van der Waals surface area contributed by atoms with Gasteiger partial charge in [-0.25, -0.2) is 0 Å². The SMILES string of the molecule is CCC(Cl)CCNC(=O)c1ccc(Cl)cc1O. The first-order valence-electron chi connectivity index (χ1n) is 5.45. The van der Waals surface area contributed by atoms with Gasteiger partial charge in [0.25, 0.3) is 5.91 Å². The number of alkyl halides is 1. The van der Waals surface area contributed by atoms with Crippen molar-refractivity contribution in [3.8, 4) is 5.75 Å². The first-order valence-corrected chi connectivity index (χ1v) is 6.26. The van der Waals surface area contributed by atoms with E-state index in [9.17, 15) is 9.90 Å². The van der Waals surface area contributed by atoms with Crippen LogP contribution in [-0.2, 0) is 0 Å². The highest BCUT2D eigenvalue weighted by Crippen LogP contribution is 2.21. The van der Waals surface area contributed by atoms with Gasteiger partial charge in [0.2, 0.25) is 0 Å².